The number of amides is 2. The van der Waals surface area contributed by atoms with E-state index in [9.17, 15) is 9.59 Å². The number of anilines is 1. The molecule has 2 aliphatic rings. The SMILES string of the molecule is COc1ccc(CN2N=N[C@H]3C(=O)N(c4ccc(OC)c(Cl)c4)C(=O)[C@@H]32)cc1. The molecule has 1 saturated heterocycles. The van der Waals surface area contributed by atoms with Gasteiger partial charge in [0.25, 0.3) is 11.8 Å². The summed E-state index contributed by atoms with van der Waals surface area (Å²) in [6.07, 6.45) is 0. The first-order valence-electron chi connectivity index (χ1n) is 8.55. The lowest BCUT2D eigenvalue weighted by Crippen LogP contribution is -2.39. The number of hydrogen-bond donors (Lipinski definition) is 0. The third-order valence-electron chi connectivity index (χ3n) is 4.76. The number of benzene rings is 2. The highest BCUT2D eigenvalue weighted by molar-refractivity contribution is 6.33. The molecule has 1 fully saturated rings. The molecule has 2 aliphatic heterocycles. The average Bonchev–Trinajstić information content (AvgIpc) is 3.22. The van der Waals surface area contributed by atoms with Gasteiger partial charge in [0.05, 0.1) is 31.5 Å². The molecule has 144 valence electrons. The number of halogens is 1. The lowest BCUT2D eigenvalue weighted by molar-refractivity contribution is -0.123. The lowest BCUT2D eigenvalue weighted by Gasteiger charge is -2.21. The van der Waals surface area contributed by atoms with Crippen LogP contribution in [0.3, 0.4) is 0 Å². The monoisotopic (exact) mass is 400 g/mol. The number of methoxy groups -OCH3 is 2. The zero-order valence-electron chi connectivity index (χ0n) is 15.2. The van der Waals surface area contributed by atoms with Gasteiger partial charge in [0.2, 0.25) is 0 Å². The molecule has 2 aromatic carbocycles. The van der Waals surface area contributed by atoms with E-state index in [0.29, 0.717) is 23.0 Å². The van der Waals surface area contributed by atoms with Crippen LogP contribution in [0.25, 0.3) is 0 Å². The molecule has 2 amide bonds. The van der Waals surface area contributed by atoms with Crippen LogP contribution < -0.4 is 14.4 Å². The zero-order chi connectivity index (χ0) is 19.8. The molecule has 2 aromatic rings. The first-order chi connectivity index (χ1) is 13.5. The summed E-state index contributed by atoms with van der Waals surface area (Å²) < 4.78 is 10.3. The molecule has 4 rings (SSSR count). The summed E-state index contributed by atoms with van der Waals surface area (Å²) in [5.41, 5.74) is 1.31. The van der Waals surface area contributed by atoms with Crippen LogP contribution >= 0.6 is 11.6 Å². The minimum atomic E-state index is -0.855. The van der Waals surface area contributed by atoms with Gasteiger partial charge < -0.3 is 9.47 Å². The summed E-state index contributed by atoms with van der Waals surface area (Å²) >= 11 is 6.15. The molecule has 0 unspecified atom stereocenters. The topological polar surface area (TPSA) is 83.8 Å². The number of nitrogens with zero attached hydrogens (tertiary/aromatic N) is 4. The van der Waals surface area contributed by atoms with Crippen LogP contribution in [0.4, 0.5) is 5.69 Å². The zero-order valence-corrected chi connectivity index (χ0v) is 16.0. The number of ether oxygens (including phenoxy) is 2. The smallest absolute Gasteiger partial charge is 0.263 e. The summed E-state index contributed by atoms with van der Waals surface area (Å²) in [6, 6.07) is 10.5. The van der Waals surface area contributed by atoms with Crippen molar-refractivity contribution in [1.82, 2.24) is 5.01 Å². The van der Waals surface area contributed by atoms with Gasteiger partial charge >= 0.3 is 0 Å². The van der Waals surface area contributed by atoms with Crippen molar-refractivity contribution in [3.8, 4) is 11.5 Å². The van der Waals surface area contributed by atoms with Crippen LogP contribution in [0.15, 0.2) is 52.8 Å². The summed E-state index contributed by atoms with van der Waals surface area (Å²) in [5.74, 6) is 0.400. The van der Waals surface area contributed by atoms with Crippen molar-refractivity contribution >= 4 is 29.1 Å². The van der Waals surface area contributed by atoms with Gasteiger partial charge in [-0.25, -0.2) is 4.90 Å². The minimum Gasteiger partial charge on any atom is -0.497 e. The number of rotatable bonds is 5. The maximum Gasteiger partial charge on any atom is 0.263 e. The highest BCUT2D eigenvalue weighted by Crippen LogP contribution is 2.35. The van der Waals surface area contributed by atoms with Crippen LogP contribution in [0.5, 0.6) is 11.5 Å². The van der Waals surface area contributed by atoms with Crippen LogP contribution in [0, 0.1) is 0 Å². The second-order valence-electron chi connectivity index (χ2n) is 6.37. The maximum absolute atomic E-state index is 13.0. The van der Waals surface area contributed by atoms with Gasteiger partial charge in [-0.2, -0.15) is 5.11 Å². The van der Waals surface area contributed by atoms with E-state index in [1.54, 1.807) is 19.2 Å². The van der Waals surface area contributed by atoms with Crippen molar-refractivity contribution in [2.24, 2.45) is 10.3 Å². The van der Waals surface area contributed by atoms with Crippen molar-refractivity contribution in [3.05, 3.63) is 53.1 Å². The Hall–Kier alpha value is -3.13. The van der Waals surface area contributed by atoms with E-state index < -0.39 is 18.0 Å². The Kier molecular flexibility index (Phi) is 4.64. The molecule has 0 aromatic heterocycles. The fourth-order valence-electron chi connectivity index (χ4n) is 3.32. The predicted molar refractivity (Wildman–Crippen MR) is 101 cm³/mol. The van der Waals surface area contributed by atoms with E-state index >= 15 is 0 Å². The number of hydrogen-bond acceptors (Lipinski definition) is 7. The normalized spacial score (nSPS) is 20.7. The number of fused-ring (bicyclic) bond motifs is 1. The Labute approximate surface area is 166 Å². The Morgan fingerprint density at radius 1 is 1.04 bits per heavy atom. The van der Waals surface area contributed by atoms with Gasteiger partial charge in [-0.1, -0.05) is 29.0 Å². The van der Waals surface area contributed by atoms with Gasteiger partial charge in [0, 0.05) is 0 Å². The van der Waals surface area contributed by atoms with Gasteiger partial charge in [0.15, 0.2) is 12.1 Å². The molecule has 2 atom stereocenters. The molecule has 9 heteroatoms. The quantitative estimate of drug-likeness (QED) is 0.720. The fourth-order valence-corrected chi connectivity index (χ4v) is 3.57. The van der Waals surface area contributed by atoms with Crippen molar-refractivity contribution in [2.45, 2.75) is 18.6 Å². The Bertz CT molecular complexity index is 963. The van der Waals surface area contributed by atoms with Gasteiger partial charge in [-0.05, 0) is 35.9 Å². The first-order valence-corrected chi connectivity index (χ1v) is 8.93. The molecule has 0 saturated carbocycles. The third-order valence-corrected chi connectivity index (χ3v) is 5.05. The van der Waals surface area contributed by atoms with Crippen molar-refractivity contribution in [3.63, 3.8) is 0 Å². The lowest BCUT2D eigenvalue weighted by atomic mass is 10.1. The Balaban J connectivity index is 1.57. The van der Waals surface area contributed by atoms with Gasteiger partial charge in [-0.3, -0.25) is 14.6 Å². The van der Waals surface area contributed by atoms with Gasteiger partial charge in [0.1, 0.15) is 11.5 Å². The van der Waals surface area contributed by atoms with Crippen LogP contribution in [-0.2, 0) is 16.1 Å². The average molecular weight is 401 g/mol. The van der Waals surface area contributed by atoms with E-state index in [0.717, 1.165) is 16.2 Å². The van der Waals surface area contributed by atoms with Crippen molar-refractivity contribution in [2.75, 3.05) is 19.1 Å². The minimum absolute atomic E-state index is 0.314. The second kappa shape index (κ2) is 7.12. The molecule has 0 N–H and O–H groups in total. The summed E-state index contributed by atoms with van der Waals surface area (Å²) in [4.78, 5) is 26.9. The molecule has 0 aliphatic carbocycles. The largest absolute Gasteiger partial charge is 0.497 e. The highest BCUT2D eigenvalue weighted by atomic mass is 35.5. The molecule has 28 heavy (non-hydrogen) atoms. The summed E-state index contributed by atoms with van der Waals surface area (Å²) in [6.45, 7) is 0.352. The number of imide groups is 1. The molecule has 2 heterocycles. The van der Waals surface area contributed by atoms with E-state index in [4.69, 9.17) is 21.1 Å². The van der Waals surface area contributed by atoms with Crippen LogP contribution in [-0.4, -0.2) is 43.1 Å². The van der Waals surface area contributed by atoms with Crippen LogP contribution in [0.1, 0.15) is 5.56 Å². The standard InChI is InChI=1S/C19H17ClN4O4/c1-27-13-6-3-11(4-7-13)10-23-17-16(21-22-23)18(25)24(19(17)26)12-5-8-15(28-2)14(20)9-12/h3-9,16-17H,10H2,1-2H3/t16-,17-/m1/s1. The van der Waals surface area contributed by atoms with E-state index in [-0.39, 0.29) is 5.91 Å². The number of carbonyl (C=O) groups excluding carboxylic acids is 2. The summed E-state index contributed by atoms with van der Waals surface area (Å²) in [5, 5.41) is 9.93. The molecule has 0 bridgehead atoms. The summed E-state index contributed by atoms with van der Waals surface area (Å²) in [7, 11) is 3.09. The van der Waals surface area contributed by atoms with Crippen molar-refractivity contribution < 1.29 is 19.1 Å². The Morgan fingerprint density at radius 2 is 1.79 bits per heavy atom. The Morgan fingerprint density at radius 3 is 2.43 bits per heavy atom. The molecule has 0 spiro atoms. The van der Waals surface area contributed by atoms with Crippen molar-refractivity contribution in [1.29, 1.82) is 0 Å². The molecular formula is C19H17ClN4O4. The van der Waals surface area contributed by atoms with E-state index in [2.05, 4.69) is 10.3 Å². The van der Waals surface area contributed by atoms with Crippen LogP contribution in [0.2, 0.25) is 5.02 Å². The highest BCUT2D eigenvalue weighted by Gasteiger charge is 2.54. The molecular weight excluding hydrogens is 384 g/mol. The molecule has 0 radical (unpaired) electrons. The molecule has 8 nitrogen and oxygen atoms in total. The van der Waals surface area contributed by atoms with E-state index in [1.807, 2.05) is 24.3 Å². The second-order valence-corrected chi connectivity index (χ2v) is 6.78. The maximum atomic E-state index is 13.0. The predicted octanol–water partition coefficient (Wildman–Crippen LogP) is 2.85. The number of carbonyl (C=O) groups is 2. The first kappa shape index (κ1) is 18.2. The fraction of sp³-hybridized carbons (Fsp3) is 0.263. The van der Waals surface area contributed by atoms with E-state index in [1.165, 1.54) is 18.2 Å². The van der Waals surface area contributed by atoms with Gasteiger partial charge in [-0.15, -0.1) is 0 Å². The third kappa shape index (κ3) is 2.95.